The van der Waals surface area contributed by atoms with Gasteiger partial charge in [-0.1, -0.05) is 23.2 Å². The van der Waals surface area contributed by atoms with Gasteiger partial charge in [-0.3, -0.25) is 4.68 Å². The third kappa shape index (κ3) is 3.38. The van der Waals surface area contributed by atoms with Crippen molar-refractivity contribution in [3.63, 3.8) is 0 Å². The molecule has 1 saturated heterocycles. The number of ether oxygens (including phenoxy) is 2. The van der Waals surface area contributed by atoms with Gasteiger partial charge in [0.2, 0.25) is 6.29 Å². The molecule has 1 fully saturated rings. The summed E-state index contributed by atoms with van der Waals surface area (Å²) in [7, 11) is 0. The van der Waals surface area contributed by atoms with Crippen LogP contribution >= 0.6 is 23.2 Å². The van der Waals surface area contributed by atoms with Crippen LogP contribution in [-0.4, -0.2) is 55.9 Å². The van der Waals surface area contributed by atoms with Crippen molar-refractivity contribution in [2.75, 3.05) is 6.61 Å². The molecule has 0 aliphatic carbocycles. The highest BCUT2D eigenvalue weighted by atomic mass is 35.5. The van der Waals surface area contributed by atoms with Gasteiger partial charge in [0, 0.05) is 11.6 Å². The summed E-state index contributed by atoms with van der Waals surface area (Å²) in [6.07, 6.45) is -5.05. The fourth-order valence-electron chi connectivity index (χ4n) is 3.83. The van der Waals surface area contributed by atoms with E-state index in [1.807, 2.05) is 0 Å². The van der Waals surface area contributed by atoms with Crippen LogP contribution < -0.4 is 4.74 Å². The number of nitrogens with zero attached hydrogens (tertiary/aromatic N) is 2. The van der Waals surface area contributed by atoms with E-state index in [4.69, 9.17) is 32.7 Å². The molecule has 2 unspecified atom stereocenters. The van der Waals surface area contributed by atoms with E-state index in [0.29, 0.717) is 16.5 Å². The lowest BCUT2D eigenvalue weighted by Crippen LogP contribution is -2.57. The number of halogens is 5. The molecular formula is C20H15Cl2F3N2O5. The van der Waals surface area contributed by atoms with Crippen LogP contribution in [0, 0.1) is 17.5 Å². The second-order valence-electron chi connectivity index (χ2n) is 7.47. The Balaban J connectivity index is 1.40. The Morgan fingerprint density at radius 3 is 2.25 bits per heavy atom. The standard InChI is InChI=1S/C20H15Cl2F3N2O5/c21-9-2-1-8(5-10(9)22)31-20-18(30)16(17(29)13(6-28)32-20)27-19-15(26(19)27)7-3-11(23)14(25)12(24)4-7/h1-5,13,16-18,20,28-30H,6H2/t13?,16-,17-,18?,20-,26?,27?/m0/s1. The van der Waals surface area contributed by atoms with Gasteiger partial charge in [-0.25, -0.2) is 17.9 Å². The molecule has 0 spiro atoms. The highest BCUT2D eigenvalue weighted by Crippen LogP contribution is 2.52. The van der Waals surface area contributed by atoms with E-state index in [-0.39, 0.29) is 16.3 Å². The molecule has 0 radical (unpaired) electrons. The number of hydrogen-bond acceptors (Lipinski definition) is 5. The molecule has 0 saturated carbocycles. The molecule has 3 heterocycles. The first-order valence-corrected chi connectivity index (χ1v) is 10.2. The second kappa shape index (κ2) is 7.68. The fourth-order valence-corrected chi connectivity index (χ4v) is 4.12. The maximum Gasteiger partial charge on any atom is 0.228 e. The molecular weight excluding hydrogens is 476 g/mol. The number of benzene rings is 2. The zero-order chi connectivity index (χ0) is 22.9. The normalized spacial score (nSPS) is 26.4. The Labute approximate surface area is 188 Å². The first-order valence-electron chi connectivity index (χ1n) is 9.45. The quantitative estimate of drug-likeness (QED) is 0.374. The molecule has 2 aromatic rings. The van der Waals surface area contributed by atoms with Crippen molar-refractivity contribution in [1.29, 1.82) is 0 Å². The summed E-state index contributed by atoms with van der Waals surface area (Å²) in [5.41, 5.74) is 0.544. The highest BCUT2D eigenvalue weighted by Gasteiger charge is 2.55. The zero-order valence-corrected chi connectivity index (χ0v) is 17.4. The molecule has 0 bridgehead atoms. The molecule has 3 aliphatic heterocycles. The van der Waals surface area contributed by atoms with Gasteiger partial charge < -0.3 is 24.8 Å². The molecule has 3 aliphatic rings. The average Bonchev–Trinajstić information content (AvgIpc) is 3.65. The number of aliphatic hydroxyl groups is 3. The topological polar surface area (TPSA) is 89.0 Å². The molecule has 2 aromatic carbocycles. The zero-order valence-electron chi connectivity index (χ0n) is 15.9. The van der Waals surface area contributed by atoms with E-state index in [1.54, 1.807) is 0 Å². The van der Waals surface area contributed by atoms with Crippen LogP contribution in [0.1, 0.15) is 6.04 Å². The van der Waals surface area contributed by atoms with Crippen molar-refractivity contribution in [2.45, 2.75) is 30.6 Å². The van der Waals surface area contributed by atoms with Crippen molar-refractivity contribution in [2.24, 2.45) is 0 Å². The third-order valence-corrected chi connectivity index (χ3v) is 6.24. The maximum absolute atomic E-state index is 13.5. The lowest BCUT2D eigenvalue weighted by molar-refractivity contribution is -0.258. The number of hydrogen-bond donors (Lipinski definition) is 3. The Bertz CT molecular complexity index is 1180. The molecule has 12 heteroatoms. The minimum absolute atomic E-state index is 0.117. The van der Waals surface area contributed by atoms with E-state index >= 15 is 0 Å². The van der Waals surface area contributed by atoms with Gasteiger partial charge in [-0.05, 0) is 24.3 Å². The van der Waals surface area contributed by atoms with Crippen molar-refractivity contribution < 1.29 is 38.0 Å². The first kappa shape index (κ1) is 21.6. The maximum atomic E-state index is 13.5. The molecule has 7 nitrogen and oxygen atoms in total. The van der Waals surface area contributed by atoms with Gasteiger partial charge in [0.15, 0.2) is 23.3 Å². The number of fused-ring (bicyclic) bond motifs is 1. The minimum Gasteiger partial charge on any atom is -0.462 e. The third-order valence-electron chi connectivity index (χ3n) is 5.50. The lowest BCUT2D eigenvalue weighted by atomic mass is 9.96. The van der Waals surface area contributed by atoms with Crippen LogP contribution in [0.5, 0.6) is 5.75 Å². The molecule has 0 aromatic heterocycles. The summed E-state index contributed by atoms with van der Waals surface area (Å²) in [6, 6.07) is 5.15. The summed E-state index contributed by atoms with van der Waals surface area (Å²) in [6.45, 7) is -0.556. The first-order chi connectivity index (χ1) is 15.2. The van der Waals surface area contributed by atoms with Crippen molar-refractivity contribution in [3.05, 3.63) is 57.8 Å². The highest BCUT2D eigenvalue weighted by molar-refractivity contribution is 6.42. The van der Waals surface area contributed by atoms with Crippen molar-refractivity contribution in [3.8, 4) is 22.8 Å². The van der Waals surface area contributed by atoms with E-state index < -0.39 is 54.7 Å². The molecule has 3 N–H and O–H groups in total. The molecule has 5 rings (SSSR count). The number of aliphatic hydroxyl groups excluding tert-OH is 3. The predicted octanol–water partition coefficient (Wildman–Crippen LogP) is 3.04. The molecule has 170 valence electrons. The Kier molecular flexibility index (Phi) is 5.19. The molecule has 32 heavy (non-hydrogen) atoms. The van der Waals surface area contributed by atoms with Gasteiger partial charge >= 0.3 is 0 Å². The molecule has 0 amide bonds. The van der Waals surface area contributed by atoms with E-state index in [0.717, 1.165) is 12.1 Å². The Hall–Kier alpha value is -2.21. The van der Waals surface area contributed by atoms with Crippen LogP contribution in [0.4, 0.5) is 13.2 Å². The van der Waals surface area contributed by atoms with Gasteiger partial charge in [0.05, 0.1) is 16.7 Å². The van der Waals surface area contributed by atoms with Crippen LogP contribution in [0.15, 0.2) is 30.3 Å². The van der Waals surface area contributed by atoms with E-state index in [1.165, 1.54) is 27.6 Å². The monoisotopic (exact) mass is 490 g/mol. The van der Waals surface area contributed by atoms with Crippen molar-refractivity contribution >= 4 is 23.2 Å². The predicted molar refractivity (Wildman–Crippen MR) is 107 cm³/mol. The SMILES string of the molecule is OCC1O[C@H](Oc2ccc(Cl)c(Cl)c2)C(O)[C@@H](n2c3c(-c4cc(F)c(F)c(F)c4)n2-3)[C@H]1O. The van der Waals surface area contributed by atoms with Gasteiger partial charge in [-0.15, -0.1) is 0 Å². The average molecular weight is 491 g/mol. The van der Waals surface area contributed by atoms with Gasteiger partial charge in [0.25, 0.3) is 0 Å². The summed E-state index contributed by atoms with van der Waals surface area (Å²) in [4.78, 5) is 0. The van der Waals surface area contributed by atoms with Crippen LogP contribution in [0.25, 0.3) is 17.1 Å². The Morgan fingerprint density at radius 1 is 1.00 bits per heavy atom. The summed E-state index contributed by atoms with van der Waals surface area (Å²) in [5.74, 6) is -3.49. The lowest BCUT2D eigenvalue weighted by Gasteiger charge is -2.41. The van der Waals surface area contributed by atoms with Gasteiger partial charge in [0.1, 0.15) is 35.8 Å². The van der Waals surface area contributed by atoms with E-state index in [2.05, 4.69) is 0 Å². The summed E-state index contributed by atoms with van der Waals surface area (Å²) in [5, 5.41) is 31.5. The smallest absolute Gasteiger partial charge is 0.228 e. The van der Waals surface area contributed by atoms with Crippen LogP contribution in [-0.2, 0) is 4.74 Å². The Morgan fingerprint density at radius 2 is 1.66 bits per heavy atom. The number of rotatable bonds is 5. The molecule has 5 atom stereocenters. The number of aromatic nitrogens is 2. The van der Waals surface area contributed by atoms with Crippen molar-refractivity contribution in [1.82, 2.24) is 9.36 Å². The second-order valence-corrected chi connectivity index (χ2v) is 8.29. The largest absolute Gasteiger partial charge is 0.462 e. The van der Waals surface area contributed by atoms with Crippen LogP contribution in [0.3, 0.4) is 0 Å². The van der Waals surface area contributed by atoms with Crippen LogP contribution in [0.2, 0.25) is 10.0 Å². The minimum atomic E-state index is -1.57. The van der Waals surface area contributed by atoms with Gasteiger partial charge in [-0.2, -0.15) is 0 Å². The summed E-state index contributed by atoms with van der Waals surface area (Å²) < 4.78 is 54.4. The van der Waals surface area contributed by atoms with E-state index in [9.17, 15) is 28.5 Å². The summed E-state index contributed by atoms with van der Waals surface area (Å²) >= 11 is 11.9. The fraction of sp³-hybridized carbons (Fsp3) is 0.300.